The first kappa shape index (κ1) is 19.7. The van der Waals surface area contributed by atoms with Crippen LogP contribution in [0.5, 0.6) is 0 Å². The van der Waals surface area contributed by atoms with Gasteiger partial charge in [-0.25, -0.2) is 9.59 Å². The summed E-state index contributed by atoms with van der Waals surface area (Å²) < 4.78 is 4.66. The van der Waals surface area contributed by atoms with Gasteiger partial charge in [-0.1, -0.05) is 35.7 Å². The number of nitrogens with zero attached hydrogens (tertiary/aromatic N) is 1. The summed E-state index contributed by atoms with van der Waals surface area (Å²) in [4.78, 5) is 25.6. The molecule has 0 radical (unpaired) electrons. The van der Waals surface area contributed by atoms with Crippen molar-refractivity contribution in [3.8, 4) is 0 Å². The number of carboxylic acid groups (broad SMARTS) is 1. The Hall–Kier alpha value is -1.63. The number of carboxylic acids is 1. The van der Waals surface area contributed by atoms with Crippen LogP contribution in [0.2, 0.25) is 5.02 Å². The van der Waals surface area contributed by atoms with Crippen molar-refractivity contribution in [1.82, 2.24) is 4.90 Å². The molecule has 1 aromatic rings. The fraction of sp³-hybridized carbons (Fsp3) is 0.389. The summed E-state index contributed by atoms with van der Waals surface area (Å²) in [5.74, 6) is 2.52. The van der Waals surface area contributed by atoms with E-state index in [-0.39, 0.29) is 4.75 Å². The summed E-state index contributed by atoms with van der Waals surface area (Å²) >= 11 is 7.14. The lowest BCUT2D eigenvalue weighted by Crippen LogP contribution is -2.46. The molecule has 0 bridgehead atoms. The van der Waals surface area contributed by atoms with Gasteiger partial charge in [-0.3, -0.25) is 4.90 Å². The van der Waals surface area contributed by atoms with Crippen molar-refractivity contribution < 1.29 is 19.4 Å². The second-order valence-corrected chi connectivity index (χ2v) is 7.82. The van der Waals surface area contributed by atoms with Gasteiger partial charge in [-0.2, -0.15) is 11.4 Å². The van der Waals surface area contributed by atoms with Crippen LogP contribution in [0.15, 0.2) is 35.9 Å². The predicted molar refractivity (Wildman–Crippen MR) is 103 cm³/mol. The average Bonchev–Trinajstić information content (AvgIpc) is 2.59. The highest BCUT2D eigenvalue weighted by Crippen LogP contribution is 2.39. The number of halogens is 1. The van der Waals surface area contributed by atoms with Crippen molar-refractivity contribution >= 4 is 40.8 Å². The fourth-order valence-electron chi connectivity index (χ4n) is 3.02. The number of likely N-dealkylation sites (tertiary alicyclic amines) is 1. The third-order valence-electron chi connectivity index (χ3n) is 4.59. The number of ether oxygens (including phenoxy) is 1. The predicted octanol–water partition coefficient (Wildman–Crippen LogP) is 2.93. The molecule has 0 aromatic heterocycles. The highest BCUT2D eigenvalue weighted by Gasteiger charge is 2.39. The molecule has 0 amide bonds. The Morgan fingerprint density at radius 2 is 2.16 bits per heavy atom. The van der Waals surface area contributed by atoms with E-state index in [9.17, 15) is 14.7 Å². The second-order valence-electron chi connectivity index (χ2n) is 6.11. The zero-order chi connectivity index (χ0) is 18.6. The van der Waals surface area contributed by atoms with Gasteiger partial charge in [0.25, 0.3) is 0 Å². The molecule has 1 aromatic carbocycles. The Morgan fingerprint density at radius 1 is 1.48 bits per heavy atom. The van der Waals surface area contributed by atoms with Gasteiger partial charge < -0.3 is 9.84 Å². The van der Waals surface area contributed by atoms with Crippen molar-refractivity contribution in [3.05, 3.63) is 46.5 Å². The molecular weight excluding hydrogens is 362 g/mol. The minimum atomic E-state index is -1.00. The molecule has 0 aliphatic carbocycles. The quantitative estimate of drug-likeness (QED) is 0.354. The molecule has 2 atom stereocenters. The van der Waals surface area contributed by atoms with Crippen molar-refractivity contribution in [2.24, 2.45) is 0 Å². The molecule has 2 rings (SSSR count). The number of carbonyl (C=O) groups is 2. The molecular formula is C18H22ClNO4S. The number of methoxy groups -OCH3 is 1. The van der Waals surface area contributed by atoms with Gasteiger partial charge in [0.05, 0.1) is 7.11 Å². The first-order valence-corrected chi connectivity index (χ1v) is 9.26. The number of piperidine rings is 1. The molecule has 1 aliphatic heterocycles. The van der Waals surface area contributed by atoms with Crippen LogP contribution in [0.4, 0.5) is 0 Å². The second kappa shape index (κ2) is 8.17. The molecule has 7 heteroatoms. The maximum atomic E-state index is 12.5. The number of hydrogen-bond acceptors (Lipinski definition) is 4. The molecule has 0 saturated carbocycles. The standard InChI is InChI=1S/C18H22ClNO4S/c1-18(25-3)8-9-20(11-12(18)10-15(21)22)16(17(23)24-2)13-6-4-5-7-14(13)19/h4-7,10,16,25H,3,8-9,11H2,1-2H3,(H,21,22)/b12-10-/t16-,18+/m0/s1. The van der Waals surface area contributed by atoms with E-state index < -0.39 is 18.0 Å². The van der Waals surface area contributed by atoms with Crippen LogP contribution in [0, 0.1) is 0 Å². The van der Waals surface area contributed by atoms with Crippen molar-refractivity contribution in [2.45, 2.75) is 24.1 Å². The molecule has 1 fully saturated rings. The zero-order valence-electron chi connectivity index (χ0n) is 14.2. The van der Waals surface area contributed by atoms with Crippen LogP contribution in [0.25, 0.3) is 0 Å². The van der Waals surface area contributed by atoms with Gasteiger partial charge in [-0.05, 0) is 30.5 Å². The zero-order valence-corrected chi connectivity index (χ0v) is 15.9. The molecule has 1 aliphatic rings. The maximum Gasteiger partial charge on any atom is 0.328 e. The largest absolute Gasteiger partial charge is 0.478 e. The number of esters is 1. The van der Waals surface area contributed by atoms with Gasteiger partial charge in [0.1, 0.15) is 6.04 Å². The summed E-state index contributed by atoms with van der Waals surface area (Å²) in [6.45, 7) is 2.95. The average molecular weight is 384 g/mol. The number of hydrogen-bond donors (Lipinski definition) is 2. The van der Waals surface area contributed by atoms with E-state index in [0.29, 0.717) is 30.1 Å². The molecule has 25 heavy (non-hydrogen) atoms. The smallest absolute Gasteiger partial charge is 0.328 e. The highest BCUT2D eigenvalue weighted by atomic mass is 35.5. The molecule has 0 unspecified atom stereocenters. The number of rotatable bonds is 5. The minimum absolute atomic E-state index is 0.323. The van der Waals surface area contributed by atoms with Crippen LogP contribution in [-0.2, 0) is 14.3 Å². The summed E-state index contributed by atoms with van der Waals surface area (Å²) in [6, 6.07) is 6.45. The summed E-state index contributed by atoms with van der Waals surface area (Å²) in [7, 11) is 1.34. The highest BCUT2D eigenvalue weighted by molar-refractivity contribution is 7.98. The van der Waals surface area contributed by atoms with E-state index >= 15 is 0 Å². The van der Waals surface area contributed by atoms with E-state index in [0.717, 1.165) is 16.9 Å². The number of carbonyl (C=O) groups excluding carboxylic acids is 1. The van der Waals surface area contributed by atoms with Crippen LogP contribution in [-0.4, -0.2) is 52.8 Å². The van der Waals surface area contributed by atoms with E-state index in [1.807, 2.05) is 17.9 Å². The van der Waals surface area contributed by atoms with Crippen molar-refractivity contribution in [1.29, 1.82) is 0 Å². The Balaban J connectivity index is 2.43. The van der Waals surface area contributed by atoms with Gasteiger partial charge in [0.2, 0.25) is 0 Å². The van der Waals surface area contributed by atoms with E-state index in [1.165, 1.54) is 13.2 Å². The fourth-order valence-corrected chi connectivity index (χ4v) is 3.86. The van der Waals surface area contributed by atoms with E-state index in [1.54, 1.807) is 18.2 Å². The van der Waals surface area contributed by atoms with Crippen LogP contribution >= 0.6 is 23.0 Å². The Morgan fingerprint density at radius 3 is 2.72 bits per heavy atom. The monoisotopic (exact) mass is 383 g/mol. The maximum absolute atomic E-state index is 12.5. The minimum Gasteiger partial charge on any atom is -0.478 e. The van der Waals surface area contributed by atoms with Crippen molar-refractivity contribution in [3.63, 3.8) is 0 Å². The molecule has 136 valence electrons. The third-order valence-corrected chi connectivity index (χ3v) is 6.14. The molecule has 0 spiro atoms. The summed E-state index contributed by atoms with van der Waals surface area (Å²) in [5, 5.41) is 9.68. The Bertz CT molecular complexity index is 721. The van der Waals surface area contributed by atoms with Crippen LogP contribution < -0.4 is 0 Å². The van der Waals surface area contributed by atoms with Crippen LogP contribution in [0.3, 0.4) is 0 Å². The lowest BCUT2D eigenvalue weighted by molar-refractivity contribution is -0.147. The molecule has 5 nitrogen and oxygen atoms in total. The lowest BCUT2D eigenvalue weighted by Gasteiger charge is -2.42. The third kappa shape index (κ3) is 4.32. The molecule has 1 N–H and O–H groups in total. The van der Waals surface area contributed by atoms with E-state index in [2.05, 4.69) is 5.87 Å². The first-order chi connectivity index (χ1) is 11.8. The first-order valence-electron chi connectivity index (χ1n) is 7.80. The number of aliphatic carboxylic acids is 1. The lowest BCUT2D eigenvalue weighted by atomic mass is 9.89. The molecule has 1 heterocycles. The molecule has 1 saturated heterocycles. The Labute approximate surface area is 156 Å². The van der Waals surface area contributed by atoms with E-state index in [4.69, 9.17) is 16.3 Å². The van der Waals surface area contributed by atoms with Gasteiger partial charge >= 0.3 is 11.9 Å². The Kier molecular flexibility index (Phi) is 6.43. The summed E-state index contributed by atoms with van der Waals surface area (Å²) in [5.41, 5.74) is 1.39. The topological polar surface area (TPSA) is 66.8 Å². The number of benzene rings is 1. The summed E-state index contributed by atoms with van der Waals surface area (Å²) in [6.07, 6.45) is 1.92. The van der Waals surface area contributed by atoms with Crippen LogP contribution in [0.1, 0.15) is 24.9 Å². The SMILES string of the molecule is C=[SH][C@]1(C)CCN([C@H](C(=O)OC)c2ccccc2Cl)C/C1=C/C(=O)O. The normalized spacial score (nSPS) is 24.0. The number of thiol groups is 1. The van der Waals surface area contributed by atoms with Crippen molar-refractivity contribution in [2.75, 3.05) is 20.2 Å². The van der Waals surface area contributed by atoms with Gasteiger partial charge in [0.15, 0.2) is 0 Å². The van der Waals surface area contributed by atoms with Gasteiger partial charge in [0, 0.05) is 28.9 Å². The van der Waals surface area contributed by atoms with Gasteiger partial charge in [-0.15, -0.1) is 0 Å².